The van der Waals surface area contributed by atoms with Crippen LogP contribution in [0.3, 0.4) is 0 Å². The second-order valence-electron chi connectivity index (χ2n) is 5.84. The van der Waals surface area contributed by atoms with Crippen LogP contribution in [0.25, 0.3) is 6.08 Å². The van der Waals surface area contributed by atoms with Crippen LogP contribution in [0, 0.1) is 6.92 Å². The highest BCUT2D eigenvalue weighted by molar-refractivity contribution is 5.78. The van der Waals surface area contributed by atoms with Crippen LogP contribution >= 0.6 is 0 Å². The maximum Gasteiger partial charge on any atom is 0.258 e. The Hall–Kier alpha value is -2.75. The molecule has 1 unspecified atom stereocenters. The molecule has 0 saturated heterocycles. The fourth-order valence-corrected chi connectivity index (χ4v) is 2.68. The number of rotatable bonds is 7. The van der Waals surface area contributed by atoms with Crippen molar-refractivity contribution >= 4 is 12.0 Å². The van der Waals surface area contributed by atoms with Crippen LogP contribution in [-0.4, -0.2) is 19.6 Å². The average Bonchev–Trinajstić information content (AvgIpc) is 2.61. The number of aryl methyl sites for hydroxylation is 1. The van der Waals surface area contributed by atoms with E-state index < -0.39 is 0 Å². The summed E-state index contributed by atoms with van der Waals surface area (Å²) in [6, 6.07) is 13.5. The molecule has 0 fully saturated rings. The molecule has 0 aliphatic heterocycles. The maximum atomic E-state index is 12.2. The summed E-state index contributed by atoms with van der Waals surface area (Å²) in [5.74, 6) is 0.986. The lowest BCUT2D eigenvalue weighted by Crippen LogP contribution is -2.31. The van der Waals surface area contributed by atoms with Crippen LogP contribution in [0.5, 0.6) is 11.5 Å². The molecule has 2 rings (SSSR count). The zero-order valence-corrected chi connectivity index (χ0v) is 15.2. The Bertz CT molecular complexity index is 753. The summed E-state index contributed by atoms with van der Waals surface area (Å²) in [6.45, 7) is 5.89. The van der Waals surface area contributed by atoms with E-state index in [1.165, 1.54) is 0 Å². The van der Waals surface area contributed by atoms with E-state index in [1.807, 2.05) is 75.4 Å². The molecule has 0 heterocycles. The fourth-order valence-electron chi connectivity index (χ4n) is 2.68. The molecule has 0 spiro atoms. The van der Waals surface area contributed by atoms with Crippen molar-refractivity contribution in [3.05, 3.63) is 65.2 Å². The molecule has 2 aromatic rings. The molecule has 132 valence electrons. The van der Waals surface area contributed by atoms with E-state index in [1.54, 1.807) is 7.11 Å². The average molecular weight is 339 g/mol. The zero-order valence-electron chi connectivity index (χ0n) is 15.2. The molecule has 1 atom stereocenters. The summed E-state index contributed by atoms with van der Waals surface area (Å²) in [7, 11) is 1.59. The van der Waals surface area contributed by atoms with Crippen LogP contribution in [0.1, 0.15) is 36.6 Å². The molecule has 0 saturated carbocycles. The van der Waals surface area contributed by atoms with Crippen LogP contribution < -0.4 is 14.8 Å². The van der Waals surface area contributed by atoms with E-state index in [0.29, 0.717) is 11.5 Å². The maximum absolute atomic E-state index is 12.2. The molecule has 0 aliphatic rings. The summed E-state index contributed by atoms with van der Waals surface area (Å²) >= 11 is 0. The van der Waals surface area contributed by atoms with Crippen molar-refractivity contribution in [2.45, 2.75) is 26.8 Å². The summed E-state index contributed by atoms with van der Waals surface area (Å²) in [4.78, 5) is 12.2. The third-order valence-electron chi connectivity index (χ3n) is 3.94. The van der Waals surface area contributed by atoms with Crippen molar-refractivity contribution in [2.75, 3.05) is 13.7 Å². The molecular weight excluding hydrogens is 314 g/mol. The molecule has 0 bridgehead atoms. The van der Waals surface area contributed by atoms with E-state index in [2.05, 4.69) is 5.32 Å². The molecule has 1 amide bonds. The zero-order chi connectivity index (χ0) is 18.2. The number of benzene rings is 2. The third-order valence-corrected chi connectivity index (χ3v) is 3.94. The Labute approximate surface area is 149 Å². The van der Waals surface area contributed by atoms with Crippen molar-refractivity contribution in [3.8, 4) is 11.5 Å². The number of hydrogen-bond acceptors (Lipinski definition) is 3. The first-order valence-electron chi connectivity index (χ1n) is 8.33. The van der Waals surface area contributed by atoms with Gasteiger partial charge in [0.1, 0.15) is 0 Å². The smallest absolute Gasteiger partial charge is 0.258 e. The molecular formula is C21H25NO3. The summed E-state index contributed by atoms with van der Waals surface area (Å²) in [5, 5.41) is 2.96. The topological polar surface area (TPSA) is 47.6 Å². The number of hydrogen-bond donors (Lipinski definition) is 1. The summed E-state index contributed by atoms with van der Waals surface area (Å²) < 4.78 is 11.0. The van der Waals surface area contributed by atoms with Gasteiger partial charge in [0.15, 0.2) is 18.1 Å². The van der Waals surface area contributed by atoms with Gasteiger partial charge in [0, 0.05) is 0 Å². The van der Waals surface area contributed by atoms with Gasteiger partial charge in [0.25, 0.3) is 5.91 Å². The van der Waals surface area contributed by atoms with Crippen LogP contribution in [-0.2, 0) is 4.79 Å². The minimum atomic E-state index is -0.171. The van der Waals surface area contributed by atoms with E-state index >= 15 is 0 Å². The second kappa shape index (κ2) is 8.92. The minimum Gasteiger partial charge on any atom is -0.493 e. The lowest BCUT2D eigenvalue weighted by Gasteiger charge is -2.17. The lowest BCUT2D eigenvalue weighted by molar-refractivity contribution is -0.123. The molecule has 25 heavy (non-hydrogen) atoms. The predicted octanol–water partition coefficient (Wildman–Crippen LogP) is 4.29. The number of ether oxygens (including phenoxy) is 2. The number of nitrogens with one attached hydrogen (secondary N) is 1. The monoisotopic (exact) mass is 339 g/mol. The summed E-state index contributed by atoms with van der Waals surface area (Å²) in [5.41, 5.74) is 3.27. The van der Waals surface area contributed by atoms with Gasteiger partial charge in [-0.3, -0.25) is 4.79 Å². The Kier molecular flexibility index (Phi) is 6.63. The number of allylic oxidation sites excluding steroid dienone is 1. The van der Waals surface area contributed by atoms with Crippen LogP contribution in [0.2, 0.25) is 0 Å². The van der Waals surface area contributed by atoms with Crippen molar-refractivity contribution in [1.29, 1.82) is 0 Å². The first-order chi connectivity index (χ1) is 12.0. The lowest BCUT2D eigenvalue weighted by atomic mass is 10.0. The van der Waals surface area contributed by atoms with Gasteiger partial charge in [-0.15, -0.1) is 0 Å². The van der Waals surface area contributed by atoms with Crippen molar-refractivity contribution < 1.29 is 14.3 Å². The Balaban J connectivity index is 1.97. The van der Waals surface area contributed by atoms with Crippen LogP contribution in [0.15, 0.2) is 48.5 Å². The fraction of sp³-hybridized carbons (Fsp3) is 0.286. The highest BCUT2D eigenvalue weighted by Crippen LogP contribution is 2.28. The number of methoxy groups -OCH3 is 1. The summed E-state index contributed by atoms with van der Waals surface area (Å²) in [6.07, 6.45) is 3.93. The quantitative estimate of drug-likeness (QED) is 0.818. The highest BCUT2D eigenvalue weighted by Gasteiger charge is 2.13. The van der Waals surface area contributed by atoms with Crippen molar-refractivity contribution in [2.24, 2.45) is 0 Å². The van der Waals surface area contributed by atoms with Crippen LogP contribution in [0.4, 0.5) is 0 Å². The number of carbonyl (C=O) groups is 1. The van der Waals surface area contributed by atoms with Gasteiger partial charge in [0.2, 0.25) is 0 Å². The normalized spacial score (nSPS) is 12.0. The van der Waals surface area contributed by atoms with Gasteiger partial charge < -0.3 is 14.8 Å². The van der Waals surface area contributed by atoms with E-state index in [4.69, 9.17) is 9.47 Å². The van der Waals surface area contributed by atoms with Gasteiger partial charge in [-0.1, -0.05) is 42.5 Å². The molecule has 0 aliphatic carbocycles. The Morgan fingerprint density at radius 3 is 2.64 bits per heavy atom. The van der Waals surface area contributed by atoms with E-state index in [0.717, 1.165) is 16.7 Å². The van der Waals surface area contributed by atoms with Gasteiger partial charge in [-0.05, 0) is 49.6 Å². The van der Waals surface area contributed by atoms with Gasteiger partial charge in [-0.25, -0.2) is 0 Å². The molecule has 1 N–H and O–H groups in total. The molecule has 4 nitrogen and oxygen atoms in total. The molecule has 0 aromatic heterocycles. The highest BCUT2D eigenvalue weighted by atomic mass is 16.5. The van der Waals surface area contributed by atoms with Gasteiger partial charge in [-0.2, -0.15) is 0 Å². The molecule has 0 radical (unpaired) electrons. The largest absolute Gasteiger partial charge is 0.493 e. The number of amides is 1. The number of carbonyl (C=O) groups excluding carboxylic acids is 1. The molecule has 4 heteroatoms. The van der Waals surface area contributed by atoms with E-state index in [9.17, 15) is 4.79 Å². The Morgan fingerprint density at radius 1 is 1.20 bits per heavy atom. The first kappa shape index (κ1) is 18.6. The SMILES string of the molecule is C/C=C/c1ccc(OCC(=O)NC(C)c2ccccc2C)c(OC)c1. The third kappa shape index (κ3) is 5.11. The second-order valence-corrected chi connectivity index (χ2v) is 5.84. The predicted molar refractivity (Wildman–Crippen MR) is 101 cm³/mol. The molecule has 2 aromatic carbocycles. The van der Waals surface area contributed by atoms with Crippen molar-refractivity contribution in [3.63, 3.8) is 0 Å². The van der Waals surface area contributed by atoms with E-state index in [-0.39, 0.29) is 18.6 Å². The first-order valence-corrected chi connectivity index (χ1v) is 8.33. The van der Waals surface area contributed by atoms with Gasteiger partial charge in [0.05, 0.1) is 13.2 Å². The minimum absolute atomic E-state index is 0.0600. The van der Waals surface area contributed by atoms with Gasteiger partial charge >= 0.3 is 0 Å². The Morgan fingerprint density at radius 2 is 1.96 bits per heavy atom. The van der Waals surface area contributed by atoms with Crippen molar-refractivity contribution in [1.82, 2.24) is 5.32 Å². The standard InChI is InChI=1S/C21H25NO3/c1-5-8-17-11-12-19(20(13-17)24-4)25-14-21(23)22-16(3)18-10-7-6-9-15(18)2/h5-13,16H,14H2,1-4H3,(H,22,23)/b8-5+.